The molecule has 54 valence electrons. The van der Waals surface area contributed by atoms with Crippen molar-refractivity contribution in [1.29, 1.82) is 0 Å². The summed E-state index contributed by atoms with van der Waals surface area (Å²) in [5.74, 6) is 0. The van der Waals surface area contributed by atoms with Crippen molar-refractivity contribution >= 4 is 34.3 Å². The summed E-state index contributed by atoms with van der Waals surface area (Å²) in [5, 5.41) is 0. The van der Waals surface area contributed by atoms with E-state index in [4.69, 9.17) is 12.2 Å². The van der Waals surface area contributed by atoms with Crippen LogP contribution in [0, 0.1) is 0 Å². The molecule has 1 aliphatic heterocycles. The third kappa shape index (κ3) is 1.70. The van der Waals surface area contributed by atoms with Crippen molar-refractivity contribution in [2.45, 2.75) is 0 Å². The van der Waals surface area contributed by atoms with Crippen molar-refractivity contribution in [3.8, 4) is 0 Å². The highest BCUT2D eigenvalue weighted by Gasteiger charge is 2.21. The van der Waals surface area contributed by atoms with Gasteiger partial charge in [0.15, 0.2) is 0 Å². The van der Waals surface area contributed by atoms with E-state index >= 15 is 0 Å². The number of thioether (sulfide) groups is 1. The molecule has 0 nitrogen and oxygen atoms in total. The van der Waals surface area contributed by atoms with Gasteiger partial charge in [-0.25, -0.2) is 0 Å². The Bertz CT molecular complexity index is 312. The maximum absolute atomic E-state index is 4.96. The zero-order valence-corrected chi connectivity index (χ0v) is 7.41. The minimum atomic E-state index is 1.04. The zero-order valence-electron chi connectivity index (χ0n) is 5.78. The Hall–Kier alpha value is -0.600. The summed E-state index contributed by atoms with van der Waals surface area (Å²) in [7, 11) is 0. The number of hydrogen-bond acceptors (Lipinski definition) is 2. The van der Waals surface area contributed by atoms with Gasteiger partial charge in [0, 0.05) is 4.91 Å². The van der Waals surface area contributed by atoms with E-state index in [0.717, 1.165) is 4.20 Å². The predicted octanol–water partition coefficient (Wildman–Crippen LogP) is 3.10. The van der Waals surface area contributed by atoms with Gasteiger partial charge in [-0.3, -0.25) is 0 Å². The van der Waals surface area contributed by atoms with Gasteiger partial charge in [0.2, 0.25) is 0 Å². The molecule has 1 heterocycles. The molecule has 1 aromatic carbocycles. The predicted molar refractivity (Wildman–Crippen MR) is 54.6 cm³/mol. The van der Waals surface area contributed by atoms with Gasteiger partial charge in [-0.2, -0.15) is 0 Å². The summed E-state index contributed by atoms with van der Waals surface area (Å²) in [6, 6.07) is 10.2. The summed E-state index contributed by atoms with van der Waals surface area (Å²) in [5.41, 5.74) is 1.23. The average molecular weight is 178 g/mol. The molecule has 0 aliphatic carbocycles. The fraction of sp³-hybridized carbons (Fsp3) is 0. The van der Waals surface area contributed by atoms with Crippen LogP contribution in [-0.4, -0.2) is 4.20 Å². The minimum Gasteiger partial charge on any atom is -0.0750 e. The molecule has 2 rings (SSSR count). The first-order valence-electron chi connectivity index (χ1n) is 3.35. The van der Waals surface area contributed by atoms with Crippen molar-refractivity contribution in [2.75, 3.05) is 0 Å². The number of hydrogen-bond donors (Lipinski definition) is 0. The molecule has 0 aromatic heterocycles. The minimum absolute atomic E-state index is 1.04. The normalized spacial score (nSPS) is 18.9. The van der Waals surface area contributed by atoms with Crippen LogP contribution in [0.4, 0.5) is 0 Å². The molecule has 1 aliphatic rings. The van der Waals surface area contributed by atoms with Crippen molar-refractivity contribution in [2.24, 2.45) is 0 Å². The first kappa shape index (κ1) is 7.07. The highest BCUT2D eigenvalue weighted by molar-refractivity contribution is 8.38. The third-order valence-corrected chi connectivity index (χ3v) is 2.80. The highest BCUT2D eigenvalue weighted by atomic mass is 32.2. The molecule has 0 amide bonds. The molecular weight excluding hydrogens is 172 g/mol. The number of benzene rings is 1. The van der Waals surface area contributed by atoms with Gasteiger partial charge >= 0.3 is 0 Å². The molecule has 0 bridgehead atoms. The lowest BCUT2D eigenvalue weighted by Gasteiger charge is -1.86. The van der Waals surface area contributed by atoms with Crippen LogP contribution >= 0.6 is 24.0 Å². The highest BCUT2D eigenvalue weighted by Crippen LogP contribution is 2.41. The zero-order chi connectivity index (χ0) is 7.68. The Morgan fingerprint density at radius 3 is 2.36 bits per heavy atom. The van der Waals surface area contributed by atoms with Crippen molar-refractivity contribution in [3.63, 3.8) is 0 Å². The summed E-state index contributed by atoms with van der Waals surface area (Å²) >= 11 is 6.64. The van der Waals surface area contributed by atoms with Crippen molar-refractivity contribution < 1.29 is 0 Å². The van der Waals surface area contributed by atoms with E-state index in [1.54, 1.807) is 11.8 Å². The van der Waals surface area contributed by atoms with Crippen LogP contribution in [0.5, 0.6) is 0 Å². The van der Waals surface area contributed by atoms with E-state index in [-0.39, 0.29) is 0 Å². The monoisotopic (exact) mass is 178 g/mol. The molecule has 2 heteroatoms. The molecule has 1 saturated heterocycles. The second-order valence-electron chi connectivity index (χ2n) is 2.31. The van der Waals surface area contributed by atoms with Gasteiger partial charge in [-0.1, -0.05) is 54.3 Å². The van der Waals surface area contributed by atoms with Crippen LogP contribution < -0.4 is 0 Å². The lowest BCUT2D eigenvalue weighted by Crippen LogP contribution is -1.67. The van der Waals surface area contributed by atoms with E-state index in [1.807, 2.05) is 18.2 Å². The lowest BCUT2D eigenvalue weighted by molar-refractivity contribution is 1.66. The maximum Gasteiger partial charge on any atom is 0.0894 e. The van der Waals surface area contributed by atoms with Gasteiger partial charge in [0.05, 0.1) is 4.20 Å². The smallest absolute Gasteiger partial charge is 0.0750 e. The Morgan fingerprint density at radius 2 is 1.82 bits per heavy atom. The molecule has 0 unspecified atom stereocenters. The Balaban J connectivity index is 2.26. The van der Waals surface area contributed by atoms with Crippen LogP contribution in [0.3, 0.4) is 0 Å². The topological polar surface area (TPSA) is 0 Å². The molecule has 0 saturated carbocycles. The van der Waals surface area contributed by atoms with Gasteiger partial charge < -0.3 is 0 Å². The van der Waals surface area contributed by atoms with Crippen LogP contribution in [0.1, 0.15) is 5.56 Å². The second-order valence-corrected chi connectivity index (χ2v) is 4.03. The largest absolute Gasteiger partial charge is 0.0894 e. The molecule has 0 spiro atoms. The van der Waals surface area contributed by atoms with E-state index in [1.165, 1.54) is 10.5 Å². The molecule has 1 fully saturated rings. The summed E-state index contributed by atoms with van der Waals surface area (Å²) in [4.78, 5) is 1.24. The first-order valence-corrected chi connectivity index (χ1v) is 4.58. The third-order valence-electron chi connectivity index (χ3n) is 1.46. The fourth-order valence-electron chi connectivity index (χ4n) is 0.863. The molecule has 0 radical (unpaired) electrons. The average Bonchev–Trinajstić information content (AvgIpc) is 2.69. The van der Waals surface area contributed by atoms with Crippen LogP contribution in [0.2, 0.25) is 0 Å². The molecule has 11 heavy (non-hydrogen) atoms. The molecule has 0 atom stereocenters. The quantitative estimate of drug-likeness (QED) is 0.368. The molecular formula is C9H6S2. The van der Waals surface area contributed by atoms with Gasteiger partial charge in [-0.05, 0) is 11.6 Å². The summed E-state index contributed by atoms with van der Waals surface area (Å²) in [6.07, 6.45) is 2.12. The van der Waals surface area contributed by atoms with Gasteiger partial charge in [0.25, 0.3) is 0 Å². The Morgan fingerprint density at radius 1 is 1.18 bits per heavy atom. The number of thiocarbonyl (C=S) groups is 1. The maximum atomic E-state index is 4.96. The molecule has 1 aromatic rings. The summed E-state index contributed by atoms with van der Waals surface area (Å²) < 4.78 is 1.04. The summed E-state index contributed by atoms with van der Waals surface area (Å²) in [6.45, 7) is 0. The van der Waals surface area contributed by atoms with Crippen molar-refractivity contribution in [1.82, 2.24) is 0 Å². The standard InChI is InChI=1S/C9H6S2/c10-9-8(11-9)6-7-4-2-1-3-5-7/h1-6H/b8-6+. The van der Waals surface area contributed by atoms with Gasteiger partial charge in [-0.15, -0.1) is 0 Å². The van der Waals surface area contributed by atoms with Crippen LogP contribution in [0.15, 0.2) is 35.2 Å². The van der Waals surface area contributed by atoms with E-state index in [0.29, 0.717) is 0 Å². The second kappa shape index (κ2) is 2.80. The number of rotatable bonds is 1. The first-order chi connectivity index (χ1) is 5.36. The van der Waals surface area contributed by atoms with Crippen LogP contribution in [-0.2, 0) is 0 Å². The lowest BCUT2D eigenvalue weighted by atomic mass is 10.2. The van der Waals surface area contributed by atoms with Crippen LogP contribution in [0.25, 0.3) is 6.08 Å². The Labute approximate surface area is 75.3 Å². The SMILES string of the molecule is S=C1S/C1=C/c1ccccc1. The Kier molecular flexibility index (Phi) is 1.80. The van der Waals surface area contributed by atoms with Crippen molar-refractivity contribution in [3.05, 3.63) is 40.8 Å². The van der Waals surface area contributed by atoms with Gasteiger partial charge in [0.1, 0.15) is 0 Å². The molecule has 0 N–H and O–H groups in total. The van der Waals surface area contributed by atoms with E-state index in [9.17, 15) is 0 Å². The van der Waals surface area contributed by atoms with E-state index in [2.05, 4.69) is 18.2 Å². The fourth-order valence-corrected chi connectivity index (χ4v) is 1.59. The van der Waals surface area contributed by atoms with E-state index < -0.39 is 0 Å².